The molecule has 4 rings (SSSR count). The lowest BCUT2D eigenvalue weighted by Gasteiger charge is -2.39. The van der Waals surface area contributed by atoms with E-state index in [-0.39, 0.29) is 17.7 Å². The zero-order valence-electron chi connectivity index (χ0n) is 19.6. The van der Waals surface area contributed by atoms with Gasteiger partial charge in [-0.05, 0) is 37.1 Å². The molecule has 0 N–H and O–H groups in total. The number of rotatable bonds is 5. The lowest BCUT2D eigenvalue weighted by molar-refractivity contribution is -0.137. The van der Waals surface area contributed by atoms with E-state index in [4.69, 9.17) is 9.47 Å². The summed E-state index contributed by atoms with van der Waals surface area (Å²) in [6, 6.07) is 10.9. The zero-order valence-corrected chi connectivity index (χ0v) is 19.6. The van der Waals surface area contributed by atoms with Crippen LogP contribution < -0.4 is 14.4 Å². The van der Waals surface area contributed by atoms with Gasteiger partial charge in [0.25, 0.3) is 5.91 Å². The van der Waals surface area contributed by atoms with E-state index >= 15 is 0 Å². The van der Waals surface area contributed by atoms with Gasteiger partial charge in [0.15, 0.2) is 0 Å². The van der Waals surface area contributed by atoms with Crippen molar-refractivity contribution in [2.24, 2.45) is 5.92 Å². The summed E-state index contributed by atoms with van der Waals surface area (Å²) in [6.45, 7) is 3.56. The minimum atomic E-state index is -0.0834. The number of hydrogen-bond acceptors (Lipinski definition) is 7. The highest BCUT2D eigenvalue weighted by atomic mass is 16.5. The molecule has 2 aliphatic heterocycles. The van der Waals surface area contributed by atoms with Crippen molar-refractivity contribution < 1.29 is 19.1 Å². The number of likely N-dealkylation sites (tertiary alicyclic amines) is 1. The second-order valence-corrected chi connectivity index (χ2v) is 8.47. The number of benzene rings is 1. The minimum Gasteiger partial charge on any atom is -0.497 e. The Labute approximate surface area is 199 Å². The number of piperidine rings is 1. The summed E-state index contributed by atoms with van der Waals surface area (Å²) in [5, 5.41) is 9.32. The SMILES string of the molecule is COc1cc(OC)cc(C(=O)N2CCC(C(=O)N3CCN(c4ncccc4C#N)CC3)CC2)c1. The maximum absolute atomic E-state index is 13.1. The highest BCUT2D eigenvalue weighted by Crippen LogP contribution is 2.27. The normalized spacial score (nSPS) is 16.7. The highest BCUT2D eigenvalue weighted by Gasteiger charge is 2.32. The Bertz CT molecular complexity index is 1060. The summed E-state index contributed by atoms with van der Waals surface area (Å²) in [5.41, 5.74) is 1.07. The Morgan fingerprint density at radius 1 is 0.971 bits per heavy atom. The lowest BCUT2D eigenvalue weighted by atomic mass is 9.94. The summed E-state index contributed by atoms with van der Waals surface area (Å²) in [4.78, 5) is 36.3. The van der Waals surface area contributed by atoms with Crippen LogP contribution in [0.1, 0.15) is 28.8 Å². The number of amides is 2. The first-order valence-electron chi connectivity index (χ1n) is 11.4. The summed E-state index contributed by atoms with van der Waals surface area (Å²) < 4.78 is 10.6. The molecule has 34 heavy (non-hydrogen) atoms. The maximum atomic E-state index is 13.1. The second-order valence-electron chi connectivity index (χ2n) is 8.47. The number of piperazine rings is 1. The Kier molecular flexibility index (Phi) is 7.16. The van der Waals surface area contributed by atoms with Crippen LogP contribution >= 0.6 is 0 Å². The van der Waals surface area contributed by atoms with Crippen molar-refractivity contribution in [1.82, 2.24) is 14.8 Å². The van der Waals surface area contributed by atoms with Gasteiger partial charge in [-0.15, -0.1) is 0 Å². The number of pyridine rings is 1. The largest absolute Gasteiger partial charge is 0.497 e. The van der Waals surface area contributed by atoms with Gasteiger partial charge in [0.2, 0.25) is 5.91 Å². The Morgan fingerprint density at radius 3 is 2.21 bits per heavy atom. The summed E-state index contributed by atoms with van der Waals surface area (Å²) in [6.07, 6.45) is 2.97. The van der Waals surface area contributed by atoms with Gasteiger partial charge in [-0.25, -0.2) is 4.98 Å². The van der Waals surface area contributed by atoms with Crippen LogP contribution in [0.2, 0.25) is 0 Å². The number of anilines is 1. The third kappa shape index (κ3) is 4.91. The van der Waals surface area contributed by atoms with E-state index in [9.17, 15) is 14.9 Å². The first-order chi connectivity index (χ1) is 16.5. The zero-order chi connectivity index (χ0) is 24.1. The standard InChI is InChI=1S/C25H29N5O4/c1-33-21-14-20(15-22(16-21)34-2)25(32)29-8-5-18(6-9-29)24(31)30-12-10-28(11-13-30)23-19(17-26)4-3-7-27-23/h3-4,7,14-16,18H,5-6,8-13H2,1-2H3. The van der Waals surface area contributed by atoms with E-state index in [0.717, 1.165) is 0 Å². The fourth-order valence-corrected chi connectivity index (χ4v) is 4.58. The van der Waals surface area contributed by atoms with Crippen LogP contribution in [0, 0.1) is 17.2 Å². The predicted molar refractivity (Wildman–Crippen MR) is 126 cm³/mol. The molecule has 1 aromatic carbocycles. The van der Waals surface area contributed by atoms with Crippen molar-refractivity contribution in [3.8, 4) is 17.6 Å². The molecule has 0 unspecified atom stereocenters. The number of nitriles is 1. The topological polar surface area (TPSA) is 99.0 Å². The molecule has 2 aliphatic rings. The molecular formula is C25H29N5O4. The summed E-state index contributed by atoms with van der Waals surface area (Å²) >= 11 is 0. The van der Waals surface area contributed by atoms with Crippen molar-refractivity contribution in [1.29, 1.82) is 5.26 Å². The van der Waals surface area contributed by atoms with Crippen molar-refractivity contribution in [2.45, 2.75) is 12.8 Å². The first kappa shape index (κ1) is 23.4. The fourth-order valence-electron chi connectivity index (χ4n) is 4.58. The van der Waals surface area contributed by atoms with E-state index in [1.807, 2.05) is 4.90 Å². The molecular weight excluding hydrogens is 434 g/mol. The van der Waals surface area contributed by atoms with Crippen molar-refractivity contribution in [2.75, 3.05) is 58.4 Å². The summed E-state index contributed by atoms with van der Waals surface area (Å²) in [5.74, 6) is 1.80. The number of nitrogens with zero attached hydrogens (tertiary/aromatic N) is 5. The van der Waals surface area contributed by atoms with Gasteiger partial charge < -0.3 is 24.2 Å². The molecule has 2 amide bonds. The molecule has 0 spiro atoms. The van der Waals surface area contributed by atoms with Crippen molar-refractivity contribution >= 4 is 17.6 Å². The molecule has 2 aromatic rings. The van der Waals surface area contributed by atoms with E-state index in [1.54, 1.807) is 55.6 Å². The fraction of sp³-hybridized carbons (Fsp3) is 0.440. The number of carbonyl (C=O) groups is 2. The smallest absolute Gasteiger partial charge is 0.254 e. The molecule has 0 saturated carbocycles. The average Bonchev–Trinajstić information content (AvgIpc) is 2.92. The summed E-state index contributed by atoms with van der Waals surface area (Å²) in [7, 11) is 3.11. The van der Waals surface area contributed by atoms with Gasteiger partial charge in [0, 0.05) is 63.0 Å². The lowest BCUT2D eigenvalue weighted by Crippen LogP contribution is -2.52. The van der Waals surface area contributed by atoms with Gasteiger partial charge >= 0.3 is 0 Å². The van der Waals surface area contributed by atoms with Crippen LogP contribution in [-0.4, -0.2) is 80.1 Å². The van der Waals surface area contributed by atoms with Gasteiger partial charge in [-0.3, -0.25) is 9.59 Å². The Balaban J connectivity index is 1.31. The van der Waals surface area contributed by atoms with Crippen molar-refractivity contribution in [3.05, 3.63) is 47.7 Å². The van der Waals surface area contributed by atoms with E-state index in [1.165, 1.54) is 0 Å². The number of methoxy groups -OCH3 is 2. The van der Waals surface area contributed by atoms with Crippen LogP contribution in [-0.2, 0) is 4.79 Å². The predicted octanol–water partition coefficient (Wildman–Crippen LogP) is 2.17. The Morgan fingerprint density at radius 2 is 1.62 bits per heavy atom. The first-order valence-corrected chi connectivity index (χ1v) is 11.4. The average molecular weight is 464 g/mol. The molecule has 0 atom stereocenters. The molecule has 3 heterocycles. The number of aromatic nitrogens is 1. The van der Waals surface area contributed by atoms with Gasteiger partial charge in [-0.2, -0.15) is 5.26 Å². The van der Waals surface area contributed by atoms with Gasteiger partial charge in [-0.1, -0.05) is 0 Å². The second kappa shape index (κ2) is 10.4. The molecule has 0 bridgehead atoms. The van der Waals surface area contributed by atoms with Crippen molar-refractivity contribution in [3.63, 3.8) is 0 Å². The number of hydrogen-bond donors (Lipinski definition) is 0. The van der Waals surface area contributed by atoms with E-state index in [2.05, 4.69) is 16.0 Å². The number of carbonyl (C=O) groups excluding carboxylic acids is 2. The third-order valence-corrected chi connectivity index (χ3v) is 6.53. The third-order valence-electron chi connectivity index (χ3n) is 6.53. The molecule has 9 heteroatoms. The molecule has 0 aliphatic carbocycles. The molecule has 2 saturated heterocycles. The molecule has 9 nitrogen and oxygen atoms in total. The molecule has 178 valence electrons. The van der Waals surface area contributed by atoms with E-state index in [0.29, 0.717) is 80.6 Å². The molecule has 2 fully saturated rings. The Hall–Kier alpha value is -3.80. The quantitative estimate of drug-likeness (QED) is 0.670. The van der Waals surface area contributed by atoms with Crippen LogP contribution in [0.25, 0.3) is 0 Å². The van der Waals surface area contributed by atoms with Crippen LogP contribution in [0.15, 0.2) is 36.5 Å². The molecule has 1 aromatic heterocycles. The molecule has 0 radical (unpaired) electrons. The van der Waals surface area contributed by atoms with Gasteiger partial charge in [0.1, 0.15) is 23.4 Å². The van der Waals surface area contributed by atoms with Crippen LogP contribution in [0.5, 0.6) is 11.5 Å². The minimum absolute atomic E-state index is 0.0830. The van der Waals surface area contributed by atoms with Gasteiger partial charge in [0.05, 0.1) is 19.8 Å². The van der Waals surface area contributed by atoms with Crippen LogP contribution in [0.3, 0.4) is 0 Å². The monoisotopic (exact) mass is 463 g/mol. The van der Waals surface area contributed by atoms with Crippen LogP contribution in [0.4, 0.5) is 5.82 Å². The number of ether oxygens (including phenoxy) is 2. The maximum Gasteiger partial charge on any atom is 0.254 e. The van der Waals surface area contributed by atoms with E-state index < -0.39 is 0 Å². The highest BCUT2D eigenvalue weighted by molar-refractivity contribution is 5.95.